The minimum absolute atomic E-state index is 0.0867. The number of nitriles is 1. The maximum Gasteiger partial charge on any atom is 0.253 e. The first-order chi connectivity index (χ1) is 12.5. The van der Waals surface area contributed by atoms with Crippen molar-refractivity contribution in [1.82, 2.24) is 15.6 Å². The molecule has 0 aliphatic carbocycles. The lowest BCUT2D eigenvalue weighted by Crippen LogP contribution is -2.47. The zero-order chi connectivity index (χ0) is 18.9. The van der Waals surface area contributed by atoms with Crippen LogP contribution in [0.25, 0.3) is 11.3 Å². The van der Waals surface area contributed by atoms with Crippen molar-refractivity contribution in [3.8, 4) is 17.3 Å². The molecule has 0 saturated carbocycles. The van der Waals surface area contributed by atoms with E-state index in [0.29, 0.717) is 12.0 Å². The number of amides is 2. The molecule has 0 saturated heterocycles. The molecule has 1 aromatic carbocycles. The summed E-state index contributed by atoms with van der Waals surface area (Å²) >= 11 is 0. The van der Waals surface area contributed by atoms with Crippen LogP contribution >= 0.6 is 0 Å². The summed E-state index contributed by atoms with van der Waals surface area (Å²) in [6.45, 7) is 3.84. The maximum absolute atomic E-state index is 12.5. The van der Waals surface area contributed by atoms with Crippen LogP contribution in [0.5, 0.6) is 0 Å². The molecule has 1 atom stereocenters. The highest BCUT2D eigenvalue weighted by Gasteiger charge is 2.22. The average molecular weight is 350 g/mol. The fourth-order valence-corrected chi connectivity index (χ4v) is 2.50. The van der Waals surface area contributed by atoms with Gasteiger partial charge in [0.15, 0.2) is 0 Å². The van der Waals surface area contributed by atoms with Crippen molar-refractivity contribution in [3.63, 3.8) is 0 Å². The van der Waals surface area contributed by atoms with Gasteiger partial charge < -0.3 is 10.6 Å². The number of hydrogen-bond donors (Lipinski definition) is 2. The molecule has 0 unspecified atom stereocenters. The standard InChI is InChI=1S/C20H22N4O2/c1-14(2)12-18(20(26)22-11-10-21)24-19(25)16-8-9-17(23-13-16)15-6-4-3-5-7-15/h3-9,13-14,18H,11-12H2,1-2H3,(H,22,26)(H,24,25)/t18-/m0/s1. The summed E-state index contributed by atoms with van der Waals surface area (Å²) < 4.78 is 0. The van der Waals surface area contributed by atoms with Gasteiger partial charge in [0.25, 0.3) is 5.91 Å². The first kappa shape index (κ1) is 19.1. The largest absolute Gasteiger partial charge is 0.341 e. The normalized spacial score (nSPS) is 11.5. The van der Waals surface area contributed by atoms with Crippen LogP contribution in [0, 0.1) is 17.2 Å². The van der Waals surface area contributed by atoms with E-state index >= 15 is 0 Å². The van der Waals surface area contributed by atoms with Gasteiger partial charge in [0, 0.05) is 11.8 Å². The Labute approximate surface area is 153 Å². The number of hydrogen-bond acceptors (Lipinski definition) is 4. The number of pyridine rings is 1. The van der Waals surface area contributed by atoms with Crippen molar-refractivity contribution in [1.29, 1.82) is 5.26 Å². The van der Waals surface area contributed by atoms with Gasteiger partial charge in [-0.25, -0.2) is 0 Å². The fourth-order valence-electron chi connectivity index (χ4n) is 2.50. The van der Waals surface area contributed by atoms with Gasteiger partial charge >= 0.3 is 0 Å². The second-order valence-electron chi connectivity index (χ2n) is 6.33. The lowest BCUT2D eigenvalue weighted by Gasteiger charge is -2.19. The zero-order valence-corrected chi connectivity index (χ0v) is 14.9. The van der Waals surface area contributed by atoms with E-state index in [1.165, 1.54) is 6.20 Å². The Kier molecular flexibility index (Phi) is 6.86. The second-order valence-corrected chi connectivity index (χ2v) is 6.33. The van der Waals surface area contributed by atoms with Crippen LogP contribution in [0.2, 0.25) is 0 Å². The molecule has 1 heterocycles. The molecular formula is C20H22N4O2. The molecule has 0 fully saturated rings. The molecule has 2 amide bonds. The highest BCUT2D eigenvalue weighted by Crippen LogP contribution is 2.16. The highest BCUT2D eigenvalue weighted by atomic mass is 16.2. The Morgan fingerprint density at radius 3 is 2.46 bits per heavy atom. The van der Waals surface area contributed by atoms with E-state index in [2.05, 4.69) is 15.6 Å². The van der Waals surface area contributed by atoms with Crippen LogP contribution in [-0.4, -0.2) is 29.4 Å². The minimum atomic E-state index is -0.690. The molecule has 0 radical (unpaired) electrons. The number of rotatable bonds is 7. The molecule has 0 aliphatic heterocycles. The number of carbonyl (C=O) groups is 2. The van der Waals surface area contributed by atoms with E-state index in [9.17, 15) is 9.59 Å². The third-order valence-corrected chi connectivity index (χ3v) is 3.77. The van der Waals surface area contributed by atoms with Crippen molar-refractivity contribution in [2.45, 2.75) is 26.3 Å². The molecule has 0 aliphatic rings. The fraction of sp³-hybridized carbons (Fsp3) is 0.300. The monoisotopic (exact) mass is 350 g/mol. The van der Waals surface area contributed by atoms with Crippen LogP contribution in [-0.2, 0) is 4.79 Å². The van der Waals surface area contributed by atoms with Gasteiger partial charge in [-0.1, -0.05) is 44.2 Å². The molecular weight excluding hydrogens is 328 g/mol. The van der Waals surface area contributed by atoms with Gasteiger partial charge in [-0.05, 0) is 24.5 Å². The van der Waals surface area contributed by atoms with Crippen molar-refractivity contribution in [2.75, 3.05) is 6.54 Å². The Bertz CT molecular complexity index is 780. The number of nitrogens with zero attached hydrogens (tertiary/aromatic N) is 2. The van der Waals surface area contributed by atoms with Gasteiger partial charge in [-0.3, -0.25) is 14.6 Å². The molecule has 2 aromatic rings. The van der Waals surface area contributed by atoms with Crippen LogP contribution < -0.4 is 10.6 Å². The minimum Gasteiger partial charge on any atom is -0.341 e. The van der Waals surface area contributed by atoms with E-state index in [-0.39, 0.29) is 24.3 Å². The zero-order valence-electron chi connectivity index (χ0n) is 14.9. The third-order valence-electron chi connectivity index (χ3n) is 3.77. The molecule has 0 spiro atoms. The van der Waals surface area contributed by atoms with E-state index in [1.54, 1.807) is 12.1 Å². The first-order valence-corrected chi connectivity index (χ1v) is 8.48. The Hall–Kier alpha value is -3.20. The SMILES string of the molecule is CC(C)C[C@H](NC(=O)c1ccc(-c2ccccc2)nc1)C(=O)NCC#N. The Morgan fingerprint density at radius 1 is 1.15 bits per heavy atom. The summed E-state index contributed by atoms with van der Waals surface area (Å²) in [6.07, 6.45) is 1.98. The lowest BCUT2D eigenvalue weighted by molar-refractivity contribution is -0.123. The second kappa shape index (κ2) is 9.33. The summed E-state index contributed by atoms with van der Waals surface area (Å²) in [5, 5.41) is 13.8. The molecule has 1 aromatic heterocycles. The van der Waals surface area contributed by atoms with Crippen molar-refractivity contribution in [2.24, 2.45) is 5.92 Å². The van der Waals surface area contributed by atoms with E-state index < -0.39 is 6.04 Å². The summed E-state index contributed by atoms with van der Waals surface area (Å²) in [6, 6.07) is 14.3. The molecule has 0 bridgehead atoms. The quantitative estimate of drug-likeness (QED) is 0.750. The van der Waals surface area contributed by atoms with Crippen molar-refractivity contribution in [3.05, 3.63) is 54.2 Å². The molecule has 2 N–H and O–H groups in total. The topological polar surface area (TPSA) is 94.9 Å². The van der Waals surface area contributed by atoms with Crippen molar-refractivity contribution < 1.29 is 9.59 Å². The van der Waals surface area contributed by atoms with Crippen LogP contribution in [0.4, 0.5) is 0 Å². The van der Waals surface area contributed by atoms with Gasteiger partial charge in [-0.2, -0.15) is 5.26 Å². The van der Waals surface area contributed by atoms with Crippen LogP contribution in [0.1, 0.15) is 30.6 Å². The maximum atomic E-state index is 12.5. The molecule has 134 valence electrons. The number of benzene rings is 1. The number of carbonyl (C=O) groups excluding carboxylic acids is 2. The van der Waals surface area contributed by atoms with Gasteiger partial charge in [-0.15, -0.1) is 0 Å². The van der Waals surface area contributed by atoms with Crippen molar-refractivity contribution >= 4 is 11.8 Å². The summed E-state index contributed by atoms with van der Waals surface area (Å²) in [5.74, 6) is -0.510. The highest BCUT2D eigenvalue weighted by molar-refractivity contribution is 5.97. The van der Waals surface area contributed by atoms with Gasteiger partial charge in [0.05, 0.1) is 17.3 Å². The predicted octanol–water partition coefficient (Wildman–Crippen LogP) is 2.53. The molecule has 6 nitrogen and oxygen atoms in total. The smallest absolute Gasteiger partial charge is 0.253 e. The van der Waals surface area contributed by atoms with E-state index in [1.807, 2.05) is 50.2 Å². The number of nitrogens with one attached hydrogen (secondary N) is 2. The van der Waals surface area contributed by atoms with Gasteiger partial charge in [0.1, 0.15) is 12.6 Å². The lowest BCUT2D eigenvalue weighted by atomic mass is 10.0. The first-order valence-electron chi connectivity index (χ1n) is 8.48. The van der Waals surface area contributed by atoms with Crippen LogP contribution in [0.15, 0.2) is 48.7 Å². The number of aromatic nitrogens is 1. The summed E-state index contributed by atoms with van der Waals surface area (Å²) in [7, 11) is 0. The third kappa shape index (κ3) is 5.42. The summed E-state index contributed by atoms with van der Waals surface area (Å²) in [4.78, 5) is 28.9. The molecule has 2 rings (SSSR count). The van der Waals surface area contributed by atoms with E-state index in [0.717, 1.165) is 11.3 Å². The Morgan fingerprint density at radius 2 is 1.88 bits per heavy atom. The average Bonchev–Trinajstić information content (AvgIpc) is 2.66. The summed E-state index contributed by atoms with van der Waals surface area (Å²) in [5.41, 5.74) is 2.12. The molecule has 26 heavy (non-hydrogen) atoms. The van der Waals surface area contributed by atoms with Gasteiger partial charge in [0.2, 0.25) is 5.91 Å². The van der Waals surface area contributed by atoms with Crippen LogP contribution in [0.3, 0.4) is 0 Å². The van der Waals surface area contributed by atoms with E-state index in [4.69, 9.17) is 5.26 Å². The Balaban J connectivity index is 2.08. The molecule has 6 heteroatoms. The predicted molar refractivity (Wildman–Crippen MR) is 99.0 cm³/mol.